The lowest BCUT2D eigenvalue weighted by molar-refractivity contribution is -0.121. The second kappa shape index (κ2) is 12.7. The molecule has 116 valence electrons. The highest BCUT2D eigenvalue weighted by atomic mass is 16.5. The van der Waals surface area contributed by atoms with E-state index in [-0.39, 0.29) is 5.91 Å². The molecular formula is C16H29NO3. The number of allylic oxidation sites excluding steroid dienone is 4. The van der Waals surface area contributed by atoms with Crippen LogP contribution in [0.5, 0.6) is 0 Å². The second-order valence-corrected chi connectivity index (χ2v) is 4.94. The third-order valence-corrected chi connectivity index (χ3v) is 2.53. The average Bonchev–Trinajstić information content (AvgIpc) is 2.41. The van der Waals surface area contributed by atoms with Crippen LogP contribution in [0.15, 0.2) is 23.5 Å². The molecule has 0 aliphatic rings. The maximum absolute atomic E-state index is 11.3. The molecule has 20 heavy (non-hydrogen) atoms. The van der Waals surface area contributed by atoms with Crippen LogP contribution in [0.3, 0.4) is 0 Å². The number of carbonyl (C=O) groups is 1. The van der Waals surface area contributed by atoms with Crippen molar-refractivity contribution in [1.29, 1.82) is 0 Å². The van der Waals surface area contributed by atoms with Gasteiger partial charge in [0.15, 0.2) is 0 Å². The van der Waals surface area contributed by atoms with E-state index < -0.39 is 0 Å². The van der Waals surface area contributed by atoms with E-state index in [0.717, 1.165) is 18.6 Å². The van der Waals surface area contributed by atoms with Gasteiger partial charge in [0.25, 0.3) is 0 Å². The Balaban J connectivity index is 3.43. The smallest absolute Gasteiger partial charge is 0.220 e. The van der Waals surface area contributed by atoms with Crippen molar-refractivity contribution in [3.63, 3.8) is 0 Å². The topological polar surface area (TPSA) is 47.6 Å². The molecule has 0 rings (SSSR count). The Labute approximate surface area is 123 Å². The van der Waals surface area contributed by atoms with E-state index in [1.807, 2.05) is 32.9 Å². The van der Waals surface area contributed by atoms with Crippen LogP contribution in [0.25, 0.3) is 0 Å². The standard InChI is InChI=1S/C16H29NO3/c1-5-6-7-16(18)17-10-11-19-12-13-20-15(4)9-8-14(2)3/h8-9H,5-7,10-13H2,1-4H3,(H,17,18). The van der Waals surface area contributed by atoms with Crippen molar-refractivity contribution < 1.29 is 14.3 Å². The highest BCUT2D eigenvalue weighted by Gasteiger charge is 1.98. The van der Waals surface area contributed by atoms with Crippen molar-refractivity contribution in [2.75, 3.05) is 26.4 Å². The Morgan fingerprint density at radius 2 is 1.85 bits per heavy atom. The minimum absolute atomic E-state index is 0.104. The van der Waals surface area contributed by atoms with Gasteiger partial charge >= 0.3 is 0 Å². The Morgan fingerprint density at radius 1 is 1.10 bits per heavy atom. The van der Waals surface area contributed by atoms with Gasteiger partial charge in [0.1, 0.15) is 6.61 Å². The van der Waals surface area contributed by atoms with E-state index >= 15 is 0 Å². The van der Waals surface area contributed by atoms with Crippen LogP contribution in [0.1, 0.15) is 47.0 Å². The van der Waals surface area contributed by atoms with E-state index in [1.165, 1.54) is 5.57 Å². The lowest BCUT2D eigenvalue weighted by atomic mass is 10.2. The van der Waals surface area contributed by atoms with E-state index in [4.69, 9.17) is 9.47 Å². The zero-order chi connectivity index (χ0) is 15.2. The molecule has 0 radical (unpaired) electrons. The Hall–Kier alpha value is -1.29. The van der Waals surface area contributed by atoms with Gasteiger partial charge in [-0.25, -0.2) is 0 Å². The summed E-state index contributed by atoms with van der Waals surface area (Å²) in [6, 6.07) is 0. The summed E-state index contributed by atoms with van der Waals surface area (Å²) in [6.45, 7) is 10.2. The van der Waals surface area contributed by atoms with Gasteiger partial charge in [-0.2, -0.15) is 0 Å². The van der Waals surface area contributed by atoms with Gasteiger partial charge in [-0.05, 0) is 33.3 Å². The van der Waals surface area contributed by atoms with Crippen molar-refractivity contribution in [2.45, 2.75) is 47.0 Å². The number of hydrogen-bond acceptors (Lipinski definition) is 3. The van der Waals surface area contributed by atoms with Gasteiger partial charge in [0, 0.05) is 13.0 Å². The molecule has 0 bridgehead atoms. The first-order valence-corrected chi connectivity index (χ1v) is 7.35. The highest BCUT2D eigenvalue weighted by molar-refractivity contribution is 5.75. The third-order valence-electron chi connectivity index (χ3n) is 2.53. The monoisotopic (exact) mass is 283 g/mol. The quantitative estimate of drug-likeness (QED) is 0.360. The molecule has 0 aliphatic heterocycles. The van der Waals surface area contributed by atoms with Crippen LogP contribution in [0.4, 0.5) is 0 Å². The first kappa shape index (κ1) is 18.7. The van der Waals surface area contributed by atoms with E-state index in [1.54, 1.807) is 0 Å². The number of amides is 1. The predicted molar refractivity (Wildman–Crippen MR) is 82.5 cm³/mol. The molecule has 0 aliphatic carbocycles. The number of ether oxygens (including phenoxy) is 2. The predicted octanol–water partition coefficient (Wildman–Crippen LogP) is 3.20. The normalized spacial score (nSPS) is 11.1. The molecule has 0 aromatic carbocycles. The van der Waals surface area contributed by atoms with Crippen molar-refractivity contribution >= 4 is 5.91 Å². The van der Waals surface area contributed by atoms with Crippen LogP contribution in [-0.2, 0) is 14.3 Å². The molecule has 0 saturated heterocycles. The largest absolute Gasteiger partial charge is 0.496 e. The summed E-state index contributed by atoms with van der Waals surface area (Å²) in [7, 11) is 0. The van der Waals surface area contributed by atoms with E-state index in [2.05, 4.69) is 12.2 Å². The fourth-order valence-electron chi connectivity index (χ4n) is 1.38. The molecule has 0 aromatic heterocycles. The molecule has 1 amide bonds. The average molecular weight is 283 g/mol. The summed E-state index contributed by atoms with van der Waals surface area (Å²) in [4.78, 5) is 11.3. The molecular weight excluding hydrogens is 254 g/mol. The highest BCUT2D eigenvalue weighted by Crippen LogP contribution is 1.98. The number of unbranched alkanes of at least 4 members (excludes halogenated alkanes) is 1. The van der Waals surface area contributed by atoms with Crippen LogP contribution >= 0.6 is 0 Å². The zero-order valence-electron chi connectivity index (χ0n) is 13.3. The molecule has 0 unspecified atom stereocenters. The summed E-state index contributed by atoms with van der Waals surface area (Å²) < 4.78 is 10.9. The molecule has 0 saturated carbocycles. The van der Waals surface area contributed by atoms with Gasteiger partial charge in [0.05, 0.1) is 19.0 Å². The number of rotatable bonds is 11. The molecule has 0 fully saturated rings. The van der Waals surface area contributed by atoms with Crippen LogP contribution in [-0.4, -0.2) is 32.3 Å². The van der Waals surface area contributed by atoms with E-state index in [9.17, 15) is 4.79 Å². The van der Waals surface area contributed by atoms with Crippen LogP contribution in [0, 0.1) is 0 Å². The number of hydrogen-bond donors (Lipinski definition) is 1. The minimum Gasteiger partial charge on any atom is -0.496 e. The maximum atomic E-state index is 11.3. The zero-order valence-corrected chi connectivity index (χ0v) is 13.3. The first-order valence-electron chi connectivity index (χ1n) is 7.35. The van der Waals surface area contributed by atoms with Gasteiger partial charge < -0.3 is 14.8 Å². The third kappa shape index (κ3) is 13.1. The second-order valence-electron chi connectivity index (χ2n) is 4.94. The van der Waals surface area contributed by atoms with Crippen molar-refractivity contribution in [1.82, 2.24) is 5.32 Å². The lowest BCUT2D eigenvalue weighted by Gasteiger charge is -2.08. The number of nitrogens with one attached hydrogen (secondary N) is 1. The maximum Gasteiger partial charge on any atom is 0.220 e. The minimum atomic E-state index is 0.104. The fourth-order valence-corrected chi connectivity index (χ4v) is 1.38. The molecule has 4 nitrogen and oxygen atoms in total. The van der Waals surface area contributed by atoms with Crippen molar-refractivity contribution in [3.8, 4) is 0 Å². The van der Waals surface area contributed by atoms with Gasteiger partial charge in [-0.3, -0.25) is 4.79 Å². The fraction of sp³-hybridized carbons (Fsp3) is 0.688. The molecule has 0 aromatic rings. The SMILES string of the molecule is CCCCC(=O)NCCOCCOC(C)=CC=C(C)C. The summed E-state index contributed by atoms with van der Waals surface area (Å²) in [6.07, 6.45) is 6.55. The Bertz CT molecular complexity index is 318. The molecule has 1 N–H and O–H groups in total. The molecule has 0 heterocycles. The van der Waals surface area contributed by atoms with Crippen LogP contribution < -0.4 is 5.32 Å². The number of carbonyl (C=O) groups excluding carboxylic acids is 1. The van der Waals surface area contributed by atoms with Gasteiger partial charge in [0.2, 0.25) is 5.91 Å². The van der Waals surface area contributed by atoms with Crippen molar-refractivity contribution in [3.05, 3.63) is 23.5 Å². The molecule has 4 heteroatoms. The Kier molecular flexibility index (Phi) is 11.9. The van der Waals surface area contributed by atoms with Crippen LogP contribution in [0.2, 0.25) is 0 Å². The lowest BCUT2D eigenvalue weighted by Crippen LogP contribution is -2.27. The van der Waals surface area contributed by atoms with Gasteiger partial charge in [-0.15, -0.1) is 0 Å². The summed E-state index contributed by atoms with van der Waals surface area (Å²) in [5, 5.41) is 2.83. The van der Waals surface area contributed by atoms with Gasteiger partial charge in [-0.1, -0.05) is 25.0 Å². The van der Waals surface area contributed by atoms with E-state index in [0.29, 0.717) is 32.8 Å². The van der Waals surface area contributed by atoms with Crippen molar-refractivity contribution in [2.24, 2.45) is 0 Å². The summed E-state index contributed by atoms with van der Waals surface area (Å²) in [5.41, 5.74) is 1.24. The summed E-state index contributed by atoms with van der Waals surface area (Å²) in [5.74, 6) is 0.981. The Morgan fingerprint density at radius 3 is 2.50 bits per heavy atom. The molecule has 0 atom stereocenters. The molecule has 0 spiro atoms. The first-order chi connectivity index (χ1) is 9.56. The summed E-state index contributed by atoms with van der Waals surface area (Å²) >= 11 is 0.